The Labute approximate surface area is 178 Å². The van der Waals surface area contributed by atoms with E-state index < -0.39 is 0 Å². The van der Waals surface area contributed by atoms with Gasteiger partial charge >= 0.3 is 0 Å². The maximum absolute atomic E-state index is 11.9. The van der Waals surface area contributed by atoms with Gasteiger partial charge in [0.2, 0.25) is 5.91 Å². The largest absolute Gasteiger partial charge is 0.338 e. The number of hydrogen-bond donors (Lipinski definition) is 0. The summed E-state index contributed by atoms with van der Waals surface area (Å²) in [4.78, 5) is 13.9. The number of carbonyl (C=O) groups excluding carboxylic acids is 1. The Hall–Kier alpha value is -0.970. The molecule has 1 heterocycles. The van der Waals surface area contributed by atoms with Crippen molar-refractivity contribution in [3.63, 3.8) is 0 Å². The minimum atomic E-state index is 0.237. The van der Waals surface area contributed by atoms with E-state index in [1.54, 1.807) is 0 Å². The van der Waals surface area contributed by atoms with Crippen molar-refractivity contribution in [3.8, 4) is 12.3 Å². The molecular formula is C26H51NO. The number of amides is 1. The van der Waals surface area contributed by atoms with Crippen molar-refractivity contribution in [3.05, 3.63) is 0 Å². The smallest absolute Gasteiger partial charge is 0.222 e. The molecule has 2 heteroatoms. The standard InChI is InChI=1S/C14H23NO.C9H20.C3H8/c1-4-8-12(5-2)11-15-13(6-3)9-7-10-14(15)16;1-4-6-7-8-9(3)5-2;1-3-2/h2,12-13H,4,6-11H2,1,3H3;9H,4-8H2,1-3H3;3H2,1-2H3. The Morgan fingerprint density at radius 1 is 1.07 bits per heavy atom. The van der Waals surface area contributed by atoms with Gasteiger partial charge in [-0.25, -0.2) is 0 Å². The summed E-state index contributed by atoms with van der Waals surface area (Å²) in [6.07, 6.45) is 19.8. The van der Waals surface area contributed by atoms with Gasteiger partial charge in [-0.1, -0.05) is 93.4 Å². The first-order chi connectivity index (χ1) is 13.4. The normalized spacial score (nSPS) is 18.1. The van der Waals surface area contributed by atoms with Crippen LogP contribution in [0.1, 0.15) is 126 Å². The van der Waals surface area contributed by atoms with Gasteiger partial charge in [0.1, 0.15) is 0 Å². The van der Waals surface area contributed by atoms with E-state index in [9.17, 15) is 4.79 Å². The van der Waals surface area contributed by atoms with Crippen LogP contribution in [0.15, 0.2) is 0 Å². The molecule has 3 unspecified atom stereocenters. The molecule has 0 spiro atoms. The minimum absolute atomic E-state index is 0.237. The molecule has 1 aliphatic heterocycles. The quantitative estimate of drug-likeness (QED) is 0.273. The predicted octanol–water partition coefficient (Wildman–Crippen LogP) is 7.86. The molecule has 3 atom stereocenters. The molecule has 166 valence electrons. The van der Waals surface area contributed by atoms with E-state index >= 15 is 0 Å². The summed E-state index contributed by atoms with van der Waals surface area (Å²) in [5.41, 5.74) is 0. The highest BCUT2D eigenvalue weighted by molar-refractivity contribution is 5.77. The highest BCUT2D eigenvalue weighted by Gasteiger charge is 2.27. The van der Waals surface area contributed by atoms with Gasteiger partial charge in [-0.05, 0) is 31.6 Å². The van der Waals surface area contributed by atoms with Gasteiger partial charge in [-0.2, -0.15) is 0 Å². The first-order valence-electron chi connectivity index (χ1n) is 12.2. The molecule has 1 amide bonds. The zero-order chi connectivity index (χ0) is 21.8. The molecule has 0 aliphatic carbocycles. The van der Waals surface area contributed by atoms with Crippen molar-refractivity contribution in [1.29, 1.82) is 0 Å². The molecule has 0 saturated carbocycles. The van der Waals surface area contributed by atoms with Gasteiger partial charge < -0.3 is 4.90 Å². The lowest BCUT2D eigenvalue weighted by Crippen LogP contribution is -2.45. The molecule has 0 bridgehead atoms. The Balaban J connectivity index is 0. The fourth-order valence-corrected chi connectivity index (χ4v) is 3.43. The van der Waals surface area contributed by atoms with Crippen molar-refractivity contribution in [2.24, 2.45) is 11.8 Å². The summed E-state index contributed by atoms with van der Waals surface area (Å²) in [5, 5.41) is 0. The van der Waals surface area contributed by atoms with Gasteiger partial charge in [0.15, 0.2) is 0 Å². The van der Waals surface area contributed by atoms with Crippen LogP contribution in [0.5, 0.6) is 0 Å². The highest BCUT2D eigenvalue weighted by atomic mass is 16.2. The summed E-state index contributed by atoms with van der Waals surface area (Å²) < 4.78 is 0. The van der Waals surface area contributed by atoms with Gasteiger partial charge in [0, 0.05) is 24.9 Å². The zero-order valence-electron chi connectivity index (χ0n) is 20.4. The van der Waals surface area contributed by atoms with Crippen LogP contribution in [0.4, 0.5) is 0 Å². The number of carbonyl (C=O) groups is 1. The molecule has 1 saturated heterocycles. The highest BCUT2D eigenvalue weighted by Crippen LogP contribution is 2.22. The van der Waals surface area contributed by atoms with Crippen LogP contribution in [0.25, 0.3) is 0 Å². The Morgan fingerprint density at radius 2 is 1.71 bits per heavy atom. The summed E-state index contributed by atoms with van der Waals surface area (Å²) in [6, 6.07) is 0.425. The predicted molar refractivity (Wildman–Crippen MR) is 126 cm³/mol. The summed E-state index contributed by atoms with van der Waals surface area (Å²) >= 11 is 0. The van der Waals surface area contributed by atoms with E-state index in [1.165, 1.54) is 38.5 Å². The fourth-order valence-electron chi connectivity index (χ4n) is 3.43. The Kier molecular flexibility index (Phi) is 21.7. The molecular weight excluding hydrogens is 342 g/mol. The van der Waals surface area contributed by atoms with Gasteiger partial charge in [0.25, 0.3) is 0 Å². The summed E-state index contributed by atoms with van der Waals surface area (Å²) in [5.74, 6) is 4.31. The number of terminal acetylenes is 1. The van der Waals surface area contributed by atoms with Crippen LogP contribution < -0.4 is 0 Å². The van der Waals surface area contributed by atoms with E-state index in [4.69, 9.17) is 6.42 Å². The molecule has 0 aromatic carbocycles. The van der Waals surface area contributed by atoms with Crippen LogP contribution in [-0.2, 0) is 4.79 Å². The van der Waals surface area contributed by atoms with E-state index in [2.05, 4.69) is 54.4 Å². The van der Waals surface area contributed by atoms with Crippen molar-refractivity contribution in [2.45, 2.75) is 132 Å². The van der Waals surface area contributed by atoms with Gasteiger partial charge in [-0.3, -0.25) is 4.79 Å². The molecule has 0 aromatic rings. The lowest BCUT2D eigenvalue weighted by atomic mass is 9.96. The average Bonchev–Trinajstić information content (AvgIpc) is 2.70. The summed E-state index contributed by atoms with van der Waals surface area (Å²) in [6.45, 7) is 16.2. The fraction of sp³-hybridized carbons (Fsp3) is 0.885. The van der Waals surface area contributed by atoms with Crippen molar-refractivity contribution in [1.82, 2.24) is 4.90 Å². The monoisotopic (exact) mass is 393 g/mol. The Bertz CT molecular complexity index is 384. The van der Waals surface area contributed by atoms with Crippen LogP contribution >= 0.6 is 0 Å². The van der Waals surface area contributed by atoms with E-state index in [0.717, 1.165) is 44.6 Å². The van der Waals surface area contributed by atoms with Crippen molar-refractivity contribution >= 4 is 5.91 Å². The van der Waals surface area contributed by atoms with Crippen LogP contribution in [-0.4, -0.2) is 23.4 Å². The van der Waals surface area contributed by atoms with Crippen LogP contribution in [0.3, 0.4) is 0 Å². The van der Waals surface area contributed by atoms with Crippen molar-refractivity contribution < 1.29 is 4.79 Å². The van der Waals surface area contributed by atoms with E-state index in [1.807, 2.05) is 4.90 Å². The first kappa shape index (κ1) is 29.2. The van der Waals surface area contributed by atoms with E-state index in [0.29, 0.717) is 18.4 Å². The maximum Gasteiger partial charge on any atom is 0.222 e. The first-order valence-corrected chi connectivity index (χ1v) is 12.2. The molecule has 0 N–H and O–H groups in total. The van der Waals surface area contributed by atoms with E-state index in [-0.39, 0.29) is 5.92 Å². The minimum Gasteiger partial charge on any atom is -0.338 e. The van der Waals surface area contributed by atoms with Gasteiger partial charge in [0.05, 0.1) is 0 Å². The second kappa shape index (κ2) is 20.8. The second-order valence-electron chi connectivity index (χ2n) is 8.37. The topological polar surface area (TPSA) is 20.3 Å². The van der Waals surface area contributed by atoms with Gasteiger partial charge in [-0.15, -0.1) is 12.3 Å². The lowest BCUT2D eigenvalue weighted by Gasteiger charge is -2.36. The molecule has 0 aromatic heterocycles. The van der Waals surface area contributed by atoms with Crippen molar-refractivity contribution in [2.75, 3.05) is 6.54 Å². The number of likely N-dealkylation sites (tertiary alicyclic amines) is 1. The number of nitrogens with zero attached hydrogens (tertiary/aromatic N) is 1. The molecule has 1 rings (SSSR count). The average molecular weight is 394 g/mol. The number of rotatable bonds is 10. The van der Waals surface area contributed by atoms with Crippen LogP contribution in [0.2, 0.25) is 0 Å². The number of piperidine rings is 1. The lowest BCUT2D eigenvalue weighted by molar-refractivity contribution is -0.137. The molecule has 2 nitrogen and oxygen atoms in total. The Morgan fingerprint density at radius 3 is 2.18 bits per heavy atom. The maximum atomic E-state index is 11.9. The molecule has 28 heavy (non-hydrogen) atoms. The summed E-state index contributed by atoms with van der Waals surface area (Å²) in [7, 11) is 0. The molecule has 1 fully saturated rings. The number of hydrogen-bond acceptors (Lipinski definition) is 1. The number of unbranched alkanes of at least 4 members (excludes halogenated alkanes) is 2. The van der Waals surface area contributed by atoms with Crippen LogP contribution in [0, 0.1) is 24.2 Å². The third kappa shape index (κ3) is 15.0. The third-order valence-electron chi connectivity index (χ3n) is 5.45. The SMILES string of the molecule is C#CC(CCC)CN1C(=O)CCCC1CC.CCC.CCCCCC(C)CC. The second-order valence-corrected chi connectivity index (χ2v) is 8.37. The molecule has 1 aliphatic rings. The molecule has 0 radical (unpaired) electrons. The third-order valence-corrected chi connectivity index (χ3v) is 5.45. The zero-order valence-corrected chi connectivity index (χ0v) is 20.4.